The van der Waals surface area contributed by atoms with Gasteiger partial charge in [-0.2, -0.15) is 4.99 Å². The van der Waals surface area contributed by atoms with Crippen LogP contribution in [0.25, 0.3) is 16.3 Å². The van der Waals surface area contributed by atoms with Crippen molar-refractivity contribution in [1.29, 1.82) is 0 Å². The highest BCUT2D eigenvalue weighted by atomic mass is 32.1. The molecule has 3 aromatic rings. The highest BCUT2D eigenvalue weighted by molar-refractivity contribution is 7.16. The first-order valence-electron chi connectivity index (χ1n) is 8.43. The number of hydrogen-bond donors (Lipinski definition) is 0. The predicted octanol–water partition coefficient (Wildman–Crippen LogP) is 3.11. The molecule has 0 unspecified atom stereocenters. The average molecular weight is 407 g/mol. The van der Waals surface area contributed by atoms with Crippen LogP contribution in [0, 0.1) is 22.5 Å². The molecule has 0 bridgehead atoms. The molecule has 2 aromatic carbocycles. The molecule has 1 aliphatic heterocycles. The van der Waals surface area contributed by atoms with E-state index in [0.29, 0.717) is 26.5 Å². The largest absolute Gasteiger partial charge is 0.454 e. The quantitative estimate of drug-likeness (QED) is 0.287. The van der Waals surface area contributed by atoms with Gasteiger partial charge in [0.25, 0.3) is 11.6 Å². The zero-order valence-corrected chi connectivity index (χ0v) is 15.7. The highest BCUT2D eigenvalue weighted by Gasteiger charge is 2.13. The smallest absolute Gasteiger partial charge is 0.272 e. The van der Waals surface area contributed by atoms with Gasteiger partial charge in [-0.05, 0) is 29.8 Å². The van der Waals surface area contributed by atoms with Crippen molar-refractivity contribution in [1.82, 2.24) is 4.57 Å². The van der Waals surface area contributed by atoms with Crippen molar-refractivity contribution in [3.8, 4) is 23.8 Å². The molecule has 0 radical (unpaired) electrons. The van der Waals surface area contributed by atoms with Gasteiger partial charge in [-0.1, -0.05) is 23.3 Å². The van der Waals surface area contributed by atoms with E-state index in [0.717, 1.165) is 5.56 Å². The van der Waals surface area contributed by atoms with E-state index < -0.39 is 10.8 Å². The Labute approximate surface area is 168 Å². The summed E-state index contributed by atoms with van der Waals surface area (Å²) in [5, 5.41) is 11.0. The van der Waals surface area contributed by atoms with E-state index in [2.05, 4.69) is 10.9 Å². The second kappa shape index (κ2) is 7.61. The fourth-order valence-corrected chi connectivity index (χ4v) is 3.89. The molecule has 0 fully saturated rings. The number of hydrogen-bond acceptors (Lipinski definition) is 6. The molecule has 4 rings (SSSR count). The summed E-state index contributed by atoms with van der Waals surface area (Å²) >= 11 is 1.17. The van der Waals surface area contributed by atoms with Gasteiger partial charge in [0.2, 0.25) is 6.79 Å². The van der Waals surface area contributed by atoms with Crippen molar-refractivity contribution in [2.24, 2.45) is 4.99 Å². The maximum atomic E-state index is 12.4. The van der Waals surface area contributed by atoms with Crippen LogP contribution >= 0.6 is 11.3 Å². The Morgan fingerprint density at radius 3 is 2.93 bits per heavy atom. The maximum absolute atomic E-state index is 12.4. The van der Waals surface area contributed by atoms with E-state index in [4.69, 9.17) is 15.9 Å². The highest BCUT2D eigenvalue weighted by Crippen LogP contribution is 2.32. The molecule has 29 heavy (non-hydrogen) atoms. The molecule has 1 aliphatic rings. The van der Waals surface area contributed by atoms with E-state index in [1.54, 1.807) is 34.9 Å². The van der Waals surface area contributed by atoms with Crippen molar-refractivity contribution < 1.29 is 19.2 Å². The molecule has 8 nitrogen and oxygen atoms in total. The van der Waals surface area contributed by atoms with Gasteiger partial charge >= 0.3 is 0 Å². The van der Waals surface area contributed by atoms with Crippen LogP contribution in [0.4, 0.5) is 5.69 Å². The topological polar surface area (TPSA) is 96.0 Å². The third-order valence-electron chi connectivity index (χ3n) is 4.15. The SMILES string of the molecule is C#CCn1c(=NC(=O)C=Cc2ccc3c(c2)OCO3)sc2cc([N+](=O)[O-])ccc21. The van der Waals surface area contributed by atoms with Crippen LogP contribution in [-0.2, 0) is 11.3 Å². The molecule has 0 aliphatic carbocycles. The molecule has 1 aromatic heterocycles. The number of rotatable bonds is 4. The van der Waals surface area contributed by atoms with Crippen LogP contribution < -0.4 is 14.3 Å². The summed E-state index contributed by atoms with van der Waals surface area (Å²) in [5.41, 5.74) is 1.42. The molecular weight excluding hydrogens is 394 g/mol. The summed E-state index contributed by atoms with van der Waals surface area (Å²) in [7, 11) is 0. The number of thiazole rings is 1. The summed E-state index contributed by atoms with van der Waals surface area (Å²) in [6.45, 7) is 0.367. The standard InChI is InChI=1S/C20H13N3O5S/c1-2-9-22-15-6-5-14(23(25)26)11-18(15)29-20(22)21-19(24)8-4-13-3-7-16-17(10-13)28-12-27-16/h1,3-8,10-11H,9,12H2. The summed E-state index contributed by atoms with van der Waals surface area (Å²) < 4.78 is 12.9. The molecule has 0 spiro atoms. The molecular formula is C20H13N3O5S. The van der Waals surface area contributed by atoms with Crippen LogP contribution in [0.1, 0.15) is 5.56 Å². The molecule has 144 valence electrons. The molecule has 2 heterocycles. The zero-order chi connectivity index (χ0) is 20.4. The van der Waals surface area contributed by atoms with Crippen LogP contribution in [0.5, 0.6) is 11.5 Å². The summed E-state index contributed by atoms with van der Waals surface area (Å²) in [5.74, 6) is 3.32. The summed E-state index contributed by atoms with van der Waals surface area (Å²) in [4.78, 5) is 27.4. The van der Waals surface area contributed by atoms with Crippen molar-refractivity contribution in [2.75, 3.05) is 6.79 Å². The van der Waals surface area contributed by atoms with E-state index in [1.165, 1.54) is 29.5 Å². The number of carbonyl (C=O) groups is 1. The number of nitro groups is 1. The Morgan fingerprint density at radius 2 is 2.14 bits per heavy atom. The van der Waals surface area contributed by atoms with Crippen LogP contribution in [0.2, 0.25) is 0 Å². The lowest BCUT2D eigenvalue weighted by Crippen LogP contribution is -2.15. The Balaban J connectivity index is 1.67. The lowest BCUT2D eigenvalue weighted by atomic mass is 10.2. The number of nitro benzene ring substituents is 1. The Bertz CT molecular complexity index is 1280. The minimum absolute atomic E-state index is 0.0350. The van der Waals surface area contributed by atoms with Gasteiger partial charge in [0.15, 0.2) is 16.3 Å². The number of nitrogens with zero attached hydrogens (tertiary/aromatic N) is 3. The van der Waals surface area contributed by atoms with Crippen LogP contribution in [-0.4, -0.2) is 22.2 Å². The van der Waals surface area contributed by atoms with Gasteiger partial charge < -0.3 is 14.0 Å². The molecule has 0 saturated carbocycles. The lowest BCUT2D eigenvalue weighted by Gasteiger charge is -1.99. The second-order valence-corrected chi connectivity index (χ2v) is 6.99. The van der Waals surface area contributed by atoms with Crippen LogP contribution in [0.15, 0.2) is 47.5 Å². The predicted molar refractivity (Wildman–Crippen MR) is 107 cm³/mol. The third-order valence-corrected chi connectivity index (χ3v) is 5.19. The molecule has 1 amide bonds. The number of aromatic nitrogens is 1. The van der Waals surface area contributed by atoms with E-state index >= 15 is 0 Å². The van der Waals surface area contributed by atoms with Crippen molar-refractivity contribution in [2.45, 2.75) is 6.54 Å². The number of terminal acetylenes is 1. The summed E-state index contributed by atoms with van der Waals surface area (Å²) in [6.07, 6.45) is 8.39. The normalized spacial score (nSPS) is 13.1. The first-order valence-corrected chi connectivity index (χ1v) is 9.24. The minimum atomic E-state index is -0.477. The number of ether oxygens (including phenoxy) is 2. The van der Waals surface area contributed by atoms with E-state index in [1.807, 2.05) is 0 Å². The van der Waals surface area contributed by atoms with Crippen molar-refractivity contribution in [3.05, 3.63) is 63.0 Å². The number of amides is 1. The van der Waals surface area contributed by atoms with E-state index in [-0.39, 0.29) is 19.0 Å². The van der Waals surface area contributed by atoms with Gasteiger partial charge in [0.1, 0.15) is 0 Å². The zero-order valence-electron chi connectivity index (χ0n) is 14.9. The van der Waals surface area contributed by atoms with E-state index in [9.17, 15) is 14.9 Å². The monoisotopic (exact) mass is 407 g/mol. The summed E-state index contributed by atoms with van der Waals surface area (Å²) in [6, 6.07) is 9.78. The van der Waals surface area contributed by atoms with Crippen LogP contribution in [0.3, 0.4) is 0 Å². The molecule has 0 atom stereocenters. The first kappa shape index (κ1) is 18.5. The van der Waals surface area contributed by atoms with Gasteiger partial charge in [-0.15, -0.1) is 6.42 Å². The number of fused-ring (bicyclic) bond motifs is 2. The van der Waals surface area contributed by atoms with Crippen molar-refractivity contribution in [3.63, 3.8) is 0 Å². The van der Waals surface area contributed by atoms with Gasteiger partial charge in [0, 0.05) is 18.2 Å². The third kappa shape index (κ3) is 3.74. The molecule has 0 N–H and O–H groups in total. The Kier molecular flexibility index (Phi) is 4.85. The fourth-order valence-electron chi connectivity index (χ4n) is 2.82. The Hall–Kier alpha value is -3.90. The van der Waals surface area contributed by atoms with Gasteiger partial charge in [0.05, 0.1) is 21.7 Å². The van der Waals surface area contributed by atoms with Crippen molar-refractivity contribution >= 4 is 39.2 Å². The maximum Gasteiger partial charge on any atom is 0.272 e. The minimum Gasteiger partial charge on any atom is -0.454 e. The second-order valence-electron chi connectivity index (χ2n) is 5.98. The Morgan fingerprint density at radius 1 is 1.31 bits per heavy atom. The number of benzene rings is 2. The van der Waals surface area contributed by atoms with Gasteiger partial charge in [-0.3, -0.25) is 14.9 Å². The molecule has 9 heteroatoms. The number of carbonyl (C=O) groups excluding carboxylic acids is 1. The average Bonchev–Trinajstić information content (AvgIpc) is 3.30. The molecule has 0 saturated heterocycles. The van der Waals surface area contributed by atoms with Gasteiger partial charge in [-0.25, -0.2) is 0 Å². The first-order chi connectivity index (χ1) is 14.0. The lowest BCUT2D eigenvalue weighted by molar-refractivity contribution is -0.384. The fraction of sp³-hybridized carbons (Fsp3) is 0.100. The number of non-ortho nitro benzene ring substituents is 1.